The van der Waals surface area contributed by atoms with E-state index in [2.05, 4.69) is 15.5 Å². The third-order valence-electron chi connectivity index (χ3n) is 2.92. The number of hydrazone groups is 1. The number of nitro groups is 1. The van der Waals surface area contributed by atoms with Crippen molar-refractivity contribution < 1.29 is 14.4 Å². The van der Waals surface area contributed by atoms with E-state index in [1.54, 1.807) is 6.21 Å². The molecule has 0 atom stereocenters. The molecule has 0 aliphatic heterocycles. The molecule has 126 valence electrons. The molecule has 0 bridgehead atoms. The zero-order valence-electron chi connectivity index (χ0n) is 13.4. The van der Waals surface area contributed by atoms with Gasteiger partial charge >= 0.3 is 0 Å². The van der Waals surface area contributed by atoms with Gasteiger partial charge in [-0.05, 0) is 43.7 Å². The second-order valence-corrected chi connectivity index (χ2v) is 4.60. The van der Waals surface area contributed by atoms with Crippen molar-refractivity contribution in [3.63, 3.8) is 0 Å². The zero-order chi connectivity index (χ0) is 17.4. The Kier molecular flexibility index (Phi) is 6.07. The molecule has 24 heavy (non-hydrogen) atoms. The van der Waals surface area contributed by atoms with Crippen LogP contribution in [0.3, 0.4) is 0 Å². The molecule has 1 aromatic heterocycles. The number of ether oxygens (including phenoxy) is 2. The van der Waals surface area contributed by atoms with E-state index in [4.69, 9.17) is 9.47 Å². The van der Waals surface area contributed by atoms with E-state index in [0.29, 0.717) is 30.5 Å². The van der Waals surface area contributed by atoms with Gasteiger partial charge in [0.2, 0.25) is 0 Å². The summed E-state index contributed by atoms with van der Waals surface area (Å²) in [6.07, 6.45) is 2.77. The summed E-state index contributed by atoms with van der Waals surface area (Å²) in [5.41, 5.74) is 3.46. The largest absolute Gasteiger partial charge is 0.490 e. The molecule has 0 aliphatic rings. The number of aromatic nitrogens is 1. The highest BCUT2D eigenvalue weighted by molar-refractivity contribution is 5.81. The molecule has 8 heteroatoms. The third kappa shape index (κ3) is 4.67. The first-order valence-corrected chi connectivity index (χ1v) is 7.43. The van der Waals surface area contributed by atoms with Gasteiger partial charge in [-0.15, -0.1) is 0 Å². The molecule has 8 nitrogen and oxygen atoms in total. The van der Waals surface area contributed by atoms with Crippen LogP contribution in [0, 0.1) is 10.1 Å². The van der Waals surface area contributed by atoms with Crippen molar-refractivity contribution in [2.75, 3.05) is 18.6 Å². The Morgan fingerprint density at radius 2 is 1.96 bits per heavy atom. The quantitative estimate of drug-likeness (QED) is 0.453. The van der Waals surface area contributed by atoms with Crippen LogP contribution in [0.2, 0.25) is 0 Å². The molecule has 0 saturated heterocycles. The Morgan fingerprint density at radius 1 is 1.21 bits per heavy atom. The van der Waals surface area contributed by atoms with Crippen LogP contribution in [0.1, 0.15) is 19.4 Å². The smallest absolute Gasteiger partial charge is 0.287 e. The molecule has 0 fully saturated rings. The van der Waals surface area contributed by atoms with E-state index in [1.807, 2.05) is 32.0 Å². The second kappa shape index (κ2) is 8.47. The highest BCUT2D eigenvalue weighted by atomic mass is 16.6. The summed E-state index contributed by atoms with van der Waals surface area (Å²) < 4.78 is 11.0. The number of pyridine rings is 1. The summed E-state index contributed by atoms with van der Waals surface area (Å²) in [5, 5.41) is 14.6. The van der Waals surface area contributed by atoms with Crippen LogP contribution < -0.4 is 14.9 Å². The van der Waals surface area contributed by atoms with Crippen LogP contribution in [0.15, 0.2) is 41.6 Å². The standard InChI is InChI=1S/C16H18N4O4/c1-3-23-14-7-5-12(9-15(14)24-4-2)10-18-19-16-8-6-13(11-17-16)20(21)22/h5-11H,3-4H2,1-2H3,(H,17,19). The van der Waals surface area contributed by atoms with Crippen LogP contribution in [0.25, 0.3) is 0 Å². The summed E-state index contributed by atoms with van der Waals surface area (Å²) >= 11 is 0. The van der Waals surface area contributed by atoms with Gasteiger partial charge in [-0.2, -0.15) is 5.10 Å². The van der Waals surface area contributed by atoms with Crippen LogP contribution in [0.5, 0.6) is 11.5 Å². The van der Waals surface area contributed by atoms with Crippen molar-refractivity contribution in [3.05, 3.63) is 52.2 Å². The minimum absolute atomic E-state index is 0.0719. The Labute approximate surface area is 139 Å². The highest BCUT2D eigenvalue weighted by Gasteiger charge is 2.06. The molecule has 1 aromatic carbocycles. The molecule has 1 N–H and O–H groups in total. The molecule has 0 spiro atoms. The predicted octanol–water partition coefficient (Wildman–Crippen LogP) is 3.23. The van der Waals surface area contributed by atoms with Crippen LogP contribution in [0.4, 0.5) is 11.5 Å². The maximum Gasteiger partial charge on any atom is 0.287 e. The van der Waals surface area contributed by atoms with Gasteiger partial charge < -0.3 is 9.47 Å². The molecule has 2 rings (SSSR count). The minimum Gasteiger partial charge on any atom is -0.490 e. The number of hydrogen-bond donors (Lipinski definition) is 1. The second-order valence-electron chi connectivity index (χ2n) is 4.60. The Morgan fingerprint density at radius 3 is 2.58 bits per heavy atom. The highest BCUT2D eigenvalue weighted by Crippen LogP contribution is 2.28. The molecular weight excluding hydrogens is 312 g/mol. The Bertz CT molecular complexity index is 717. The van der Waals surface area contributed by atoms with Crippen molar-refractivity contribution in [1.29, 1.82) is 0 Å². The van der Waals surface area contributed by atoms with Gasteiger partial charge in [-0.25, -0.2) is 4.98 Å². The number of nitrogens with zero attached hydrogens (tertiary/aromatic N) is 3. The lowest BCUT2D eigenvalue weighted by Crippen LogP contribution is -1.99. The number of hydrogen-bond acceptors (Lipinski definition) is 7. The lowest BCUT2D eigenvalue weighted by atomic mass is 10.2. The Balaban J connectivity index is 2.05. The summed E-state index contributed by atoms with van der Waals surface area (Å²) in [4.78, 5) is 14.0. The fraction of sp³-hybridized carbons (Fsp3) is 0.250. The normalized spacial score (nSPS) is 10.6. The predicted molar refractivity (Wildman–Crippen MR) is 90.9 cm³/mol. The number of rotatable bonds is 8. The van der Waals surface area contributed by atoms with Crippen molar-refractivity contribution in [2.24, 2.45) is 5.10 Å². The SMILES string of the molecule is CCOc1ccc(C=NNc2ccc([N+](=O)[O-])cn2)cc1OCC. The average molecular weight is 330 g/mol. The fourth-order valence-electron chi connectivity index (χ4n) is 1.88. The number of anilines is 1. The van der Waals surface area contributed by atoms with Crippen LogP contribution in [-0.4, -0.2) is 29.3 Å². The van der Waals surface area contributed by atoms with Crippen molar-refractivity contribution in [3.8, 4) is 11.5 Å². The fourth-order valence-corrected chi connectivity index (χ4v) is 1.88. The maximum absolute atomic E-state index is 10.6. The minimum atomic E-state index is -0.505. The molecule has 0 saturated carbocycles. The monoisotopic (exact) mass is 330 g/mol. The van der Waals surface area contributed by atoms with Crippen molar-refractivity contribution in [1.82, 2.24) is 4.98 Å². The number of nitrogens with one attached hydrogen (secondary N) is 1. The molecular formula is C16H18N4O4. The Hall–Kier alpha value is -3.16. The van der Waals surface area contributed by atoms with E-state index in [-0.39, 0.29) is 5.69 Å². The van der Waals surface area contributed by atoms with Gasteiger partial charge in [0.15, 0.2) is 11.5 Å². The van der Waals surface area contributed by atoms with E-state index in [9.17, 15) is 10.1 Å². The van der Waals surface area contributed by atoms with Gasteiger partial charge in [0.05, 0.1) is 24.4 Å². The molecule has 0 unspecified atom stereocenters. The first-order valence-electron chi connectivity index (χ1n) is 7.43. The maximum atomic E-state index is 10.6. The molecule has 0 aliphatic carbocycles. The van der Waals surface area contributed by atoms with E-state index in [1.165, 1.54) is 18.3 Å². The lowest BCUT2D eigenvalue weighted by molar-refractivity contribution is -0.385. The molecule has 1 heterocycles. The molecule has 0 amide bonds. The summed E-state index contributed by atoms with van der Waals surface area (Å²) in [6.45, 7) is 4.90. The van der Waals surface area contributed by atoms with Gasteiger partial charge in [-0.1, -0.05) is 0 Å². The van der Waals surface area contributed by atoms with Crippen molar-refractivity contribution >= 4 is 17.7 Å². The van der Waals surface area contributed by atoms with Gasteiger partial charge in [0.1, 0.15) is 12.0 Å². The summed E-state index contributed by atoms with van der Waals surface area (Å²) in [5.74, 6) is 1.74. The average Bonchev–Trinajstić information content (AvgIpc) is 2.58. The van der Waals surface area contributed by atoms with Crippen LogP contribution >= 0.6 is 0 Å². The van der Waals surface area contributed by atoms with E-state index >= 15 is 0 Å². The molecule has 2 aromatic rings. The van der Waals surface area contributed by atoms with Gasteiger partial charge in [-0.3, -0.25) is 15.5 Å². The van der Waals surface area contributed by atoms with Crippen molar-refractivity contribution in [2.45, 2.75) is 13.8 Å². The van der Waals surface area contributed by atoms with E-state index in [0.717, 1.165) is 5.56 Å². The van der Waals surface area contributed by atoms with Gasteiger partial charge in [0.25, 0.3) is 5.69 Å². The van der Waals surface area contributed by atoms with E-state index < -0.39 is 4.92 Å². The third-order valence-corrected chi connectivity index (χ3v) is 2.92. The number of benzene rings is 1. The lowest BCUT2D eigenvalue weighted by Gasteiger charge is -2.11. The topological polar surface area (TPSA) is 98.9 Å². The first kappa shape index (κ1) is 17.2. The molecule has 0 radical (unpaired) electrons. The first-order chi connectivity index (χ1) is 11.6. The van der Waals surface area contributed by atoms with Gasteiger partial charge in [0, 0.05) is 6.07 Å². The summed E-state index contributed by atoms with van der Waals surface area (Å²) in [6, 6.07) is 8.33. The zero-order valence-corrected chi connectivity index (χ0v) is 13.4. The van der Waals surface area contributed by atoms with Crippen LogP contribution in [-0.2, 0) is 0 Å². The summed E-state index contributed by atoms with van der Waals surface area (Å²) in [7, 11) is 0.